The van der Waals surface area contributed by atoms with Crippen molar-refractivity contribution in [2.24, 2.45) is 0 Å². The van der Waals surface area contributed by atoms with Gasteiger partial charge >= 0.3 is 0 Å². The molecular weight excluding hydrogens is 302 g/mol. The maximum absolute atomic E-state index is 9.95. The van der Waals surface area contributed by atoms with Crippen LogP contribution in [0.3, 0.4) is 0 Å². The van der Waals surface area contributed by atoms with E-state index >= 15 is 0 Å². The summed E-state index contributed by atoms with van der Waals surface area (Å²) < 4.78 is 0. The Morgan fingerprint density at radius 1 is 1.12 bits per heavy atom. The fourth-order valence-electron chi connectivity index (χ4n) is 2.90. The summed E-state index contributed by atoms with van der Waals surface area (Å²) in [7, 11) is 0. The Morgan fingerprint density at radius 2 is 2.00 bits per heavy atom. The van der Waals surface area contributed by atoms with Gasteiger partial charge in [0.15, 0.2) is 5.65 Å². The summed E-state index contributed by atoms with van der Waals surface area (Å²) in [5.74, 6) is 0. The van der Waals surface area contributed by atoms with E-state index in [-0.39, 0.29) is 0 Å². The zero-order valence-corrected chi connectivity index (χ0v) is 13.5. The minimum atomic E-state index is -0.522. The molecule has 1 atom stereocenters. The maximum atomic E-state index is 9.95. The Hall–Kier alpha value is -2.86. The van der Waals surface area contributed by atoms with E-state index in [2.05, 4.69) is 24.9 Å². The third-order valence-corrected chi connectivity index (χ3v) is 4.29. The number of pyridine rings is 3. The molecule has 0 radical (unpaired) electrons. The molecule has 0 aliphatic heterocycles. The van der Waals surface area contributed by atoms with Crippen molar-refractivity contribution in [2.75, 3.05) is 0 Å². The van der Waals surface area contributed by atoms with Gasteiger partial charge in [0.25, 0.3) is 0 Å². The summed E-state index contributed by atoms with van der Waals surface area (Å²) >= 11 is 0. The standard InChI is InChI=1S/C18H17N5O/c1-3-16(24)15-4-10(2)12(7-20-15)14-5-11-6-21-18-17(22-9-23-18)13(11)8-19-14/h4-9,16,19,24H,3H2,1-2H3. The number of hydrogen-bond acceptors (Lipinski definition) is 5. The Balaban J connectivity index is 1.83. The minimum Gasteiger partial charge on any atom is -0.387 e. The third-order valence-electron chi connectivity index (χ3n) is 4.29. The largest absolute Gasteiger partial charge is 0.387 e. The molecule has 0 bridgehead atoms. The zero-order chi connectivity index (χ0) is 16.7. The topological polar surface area (TPSA) is 87.6 Å². The molecule has 0 fully saturated rings. The first-order chi connectivity index (χ1) is 11.7. The highest BCUT2D eigenvalue weighted by Crippen LogP contribution is 2.28. The molecule has 4 aromatic heterocycles. The van der Waals surface area contributed by atoms with E-state index in [1.165, 1.54) is 6.33 Å². The first-order valence-electron chi connectivity index (χ1n) is 7.90. The van der Waals surface area contributed by atoms with Gasteiger partial charge in [0.2, 0.25) is 0 Å². The first-order valence-corrected chi connectivity index (χ1v) is 7.90. The number of aliphatic hydroxyl groups is 1. The van der Waals surface area contributed by atoms with Crippen molar-refractivity contribution in [3.63, 3.8) is 0 Å². The van der Waals surface area contributed by atoms with Gasteiger partial charge in [-0.3, -0.25) is 4.98 Å². The highest BCUT2D eigenvalue weighted by molar-refractivity contribution is 6.02. The van der Waals surface area contributed by atoms with E-state index in [0.717, 1.165) is 33.1 Å². The molecular formula is C18H17N5O. The molecule has 4 rings (SSSR count). The zero-order valence-electron chi connectivity index (χ0n) is 13.5. The molecule has 6 nitrogen and oxygen atoms in total. The number of fused-ring (bicyclic) bond motifs is 3. The highest BCUT2D eigenvalue weighted by Gasteiger charge is 2.11. The molecule has 0 aliphatic carbocycles. The number of aryl methyl sites for hydroxylation is 1. The fraction of sp³-hybridized carbons (Fsp3) is 0.222. The van der Waals surface area contributed by atoms with Crippen molar-refractivity contribution in [1.29, 1.82) is 0 Å². The smallest absolute Gasteiger partial charge is 0.180 e. The molecule has 0 aliphatic rings. The van der Waals surface area contributed by atoms with Crippen LogP contribution in [0.4, 0.5) is 0 Å². The lowest BCUT2D eigenvalue weighted by molar-refractivity contribution is 0.169. The number of hydrogen-bond donors (Lipinski definition) is 2. The molecule has 4 heterocycles. The molecule has 0 aromatic carbocycles. The van der Waals surface area contributed by atoms with Crippen molar-refractivity contribution >= 4 is 21.9 Å². The van der Waals surface area contributed by atoms with Crippen LogP contribution >= 0.6 is 0 Å². The van der Waals surface area contributed by atoms with Crippen LogP contribution in [0.15, 0.2) is 37.1 Å². The van der Waals surface area contributed by atoms with Gasteiger partial charge in [-0.15, -0.1) is 0 Å². The number of aliphatic hydroxyl groups excluding tert-OH is 1. The van der Waals surface area contributed by atoms with E-state index in [1.54, 1.807) is 6.20 Å². The number of aromatic amines is 1. The molecule has 0 spiro atoms. The van der Waals surface area contributed by atoms with Crippen molar-refractivity contribution < 1.29 is 5.11 Å². The van der Waals surface area contributed by atoms with Gasteiger partial charge in [-0.05, 0) is 31.0 Å². The number of rotatable bonds is 3. The molecule has 1 unspecified atom stereocenters. The Kier molecular flexibility index (Phi) is 3.46. The average molecular weight is 319 g/mol. The fourth-order valence-corrected chi connectivity index (χ4v) is 2.90. The number of imidazole rings is 1. The Morgan fingerprint density at radius 3 is 2.79 bits per heavy atom. The van der Waals surface area contributed by atoms with Crippen LogP contribution in [0.1, 0.15) is 30.7 Å². The Bertz CT molecular complexity index is 1040. The summed E-state index contributed by atoms with van der Waals surface area (Å²) in [6, 6.07) is 3.97. The molecule has 2 N–H and O–H groups in total. The van der Waals surface area contributed by atoms with Gasteiger partial charge in [0.05, 0.1) is 11.8 Å². The quantitative estimate of drug-likeness (QED) is 0.605. The van der Waals surface area contributed by atoms with Crippen LogP contribution in [-0.2, 0) is 0 Å². The van der Waals surface area contributed by atoms with E-state index in [9.17, 15) is 5.11 Å². The molecule has 120 valence electrons. The predicted molar refractivity (Wildman–Crippen MR) is 92.4 cm³/mol. The second kappa shape index (κ2) is 5.65. The monoisotopic (exact) mass is 319 g/mol. The van der Waals surface area contributed by atoms with Crippen LogP contribution in [0, 0.1) is 6.92 Å². The number of nitrogens with one attached hydrogen (secondary N) is 1. The van der Waals surface area contributed by atoms with Crippen LogP contribution in [-0.4, -0.2) is 30.0 Å². The maximum Gasteiger partial charge on any atom is 0.180 e. The van der Waals surface area contributed by atoms with Gasteiger partial charge in [-0.2, -0.15) is 0 Å². The Labute approximate surface area is 138 Å². The second-order valence-corrected chi connectivity index (χ2v) is 5.87. The van der Waals surface area contributed by atoms with Crippen molar-refractivity contribution in [3.05, 3.63) is 48.3 Å². The first kappa shape index (κ1) is 14.7. The normalized spacial score (nSPS) is 12.8. The van der Waals surface area contributed by atoms with Crippen LogP contribution in [0.2, 0.25) is 0 Å². The van der Waals surface area contributed by atoms with Gasteiger partial charge in [0, 0.05) is 40.6 Å². The summed E-state index contributed by atoms with van der Waals surface area (Å²) in [4.78, 5) is 20.5. The average Bonchev–Trinajstić information content (AvgIpc) is 3.09. The molecule has 24 heavy (non-hydrogen) atoms. The SMILES string of the molecule is CCC(O)c1cc(C)c(-c2cc3cnc4ncnc4c3c[nH]2)cn1. The summed E-state index contributed by atoms with van der Waals surface area (Å²) in [5, 5.41) is 11.9. The summed E-state index contributed by atoms with van der Waals surface area (Å²) in [6.07, 6.45) is 7.19. The lowest BCUT2D eigenvalue weighted by Crippen LogP contribution is -2.00. The van der Waals surface area contributed by atoms with Crippen molar-refractivity contribution in [3.8, 4) is 11.3 Å². The molecule has 0 saturated heterocycles. The second-order valence-electron chi connectivity index (χ2n) is 5.87. The van der Waals surface area contributed by atoms with E-state index in [1.807, 2.05) is 38.4 Å². The molecule has 0 amide bonds. The van der Waals surface area contributed by atoms with Gasteiger partial charge in [-0.1, -0.05) is 6.92 Å². The van der Waals surface area contributed by atoms with Crippen molar-refractivity contribution in [1.82, 2.24) is 24.9 Å². The molecule has 4 aromatic rings. The highest BCUT2D eigenvalue weighted by atomic mass is 16.3. The third kappa shape index (κ3) is 2.32. The predicted octanol–water partition coefficient (Wildman–Crippen LogP) is 3.32. The van der Waals surface area contributed by atoms with E-state index in [4.69, 9.17) is 0 Å². The lowest BCUT2D eigenvalue weighted by atomic mass is 10.0. The number of H-pyrrole nitrogens is 1. The summed E-state index contributed by atoms with van der Waals surface area (Å²) in [5.41, 5.74) is 5.16. The van der Waals surface area contributed by atoms with E-state index in [0.29, 0.717) is 17.8 Å². The van der Waals surface area contributed by atoms with Gasteiger partial charge < -0.3 is 10.1 Å². The lowest BCUT2D eigenvalue weighted by Gasteiger charge is -2.12. The van der Waals surface area contributed by atoms with Crippen LogP contribution in [0.5, 0.6) is 0 Å². The minimum absolute atomic E-state index is 0.522. The van der Waals surface area contributed by atoms with Crippen LogP contribution in [0.25, 0.3) is 33.2 Å². The molecule has 6 heteroatoms. The summed E-state index contributed by atoms with van der Waals surface area (Å²) in [6.45, 7) is 3.96. The van der Waals surface area contributed by atoms with Gasteiger partial charge in [-0.25, -0.2) is 15.0 Å². The van der Waals surface area contributed by atoms with Crippen LogP contribution < -0.4 is 0 Å². The number of nitrogens with zero attached hydrogens (tertiary/aromatic N) is 4. The van der Waals surface area contributed by atoms with Gasteiger partial charge in [0.1, 0.15) is 11.8 Å². The number of aromatic nitrogens is 5. The molecule has 0 saturated carbocycles. The van der Waals surface area contributed by atoms with Crippen molar-refractivity contribution in [2.45, 2.75) is 26.4 Å². The van der Waals surface area contributed by atoms with E-state index < -0.39 is 6.10 Å².